The van der Waals surface area contributed by atoms with Gasteiger partial charge >= 0.3 is 0 Å². The van der Waals surface area contributed by atoms with Gasteiger partial charge < -0.3 is 5.32 Å². The van der Waals surface area contributed by atoms with Crippen molar-refractivity contribution in [1.29, 1.82) is 0 Å². The van der Waals surface area contributed by atoms with Gasteiger partial charge in [0, 0.05) is 7.05 Å². The molecule has 0 radical (unpaired) electrons. The number of carbonyl (C=O) groups excluding carboxylic acids is 1. The average molecular weight is 221 g/mol. The molecule has 0 saturated heterocycles. The van der Waals surface area contributed by atoms with E-state index in [4.69, 9.17) is 0 Å². The third-order valence-corrected chi connectivity index (χ3v) is 2.51. The van der Waals surface area contributed by atoms with Gasteiger partial charge in [0.1, 0.15) is 3.79 Å². The zero-order valence-electron chi connectivity index (χ0n) is 5.22. The second kappa shape index (κ2) is 3.12. The molecule has 0 atom stereocenters. The monoisotopic (exact) mass is 220 g/mol. The summed E-state index contributed by atoms with van der Waals surface area (Å²) in [5.74, 6) is -0.159. The first-order chi connectivity index (χ1) is 4.75. The molecule has 5 heteroatoms. The van der Waals surface area contributed by atoms with Crippen molar-refractivity contribution in [3.63, 3.8) is 0 Å². The number of amides is 1. The Morgan fingerprint density at radius 1 is 1.90 bits per heavy atom. The van der Waals surface area contributed by atoms with Crippen molar-refractivity contribution in [2.75, 3.05) is 7.05 Å². The topological polar surface area (TPSA) is 42.0 Å². The average Bonchev–Trinajstić information content (AvgIpc) is 2.34. The summed E-state index contributed by atoms with van der Waals surface area (Å²) in [5.41, 5.74) is 2.07. The molecular weight excluding hydrogens is 216 g/mol. The van der Waals surface area contributed by atoms with Crippen molar-refractivity contribution < 1.29 is 4.79 Å². The van der Waals surface area contributed by atoms with Crippen LogP contribution in [0, 0.1) is 0 Å². The third kappa shape index (κ3) is 1.35. The standard InChI is InChI=1S/C5H5BrN2OS/c1-7-5(9)3-4(6)10-2-8-3/h2H,1H3,(H,7,9). The molecule has 1 rings (SSSR count). The lowest BCUT2D eigenvalue weighted by atomic mass is 10.5. The highest BCUT2D eigenvalue weighted by Gasteiger charge is 2.09. The van der Waals surface area contributed by atoms with E-state index in [2.05, 4.69) is 26.2 Å². The lowest BCUT2D eigenvalue weighted by Gasteiger charge is -1.92. The molecule has 0 aliphatic rings. The van der Waals surface area contributed by atoms with Crippen LogP contribution in [-0.4, -0.2) is 17.9 Å². The van der Waals surface area contributed by atoms with Crippen LogP contribution >= 0.6 is 27.3 Å². The van der Waals surface area contributed by atoms with Gasteiger partial charge in [0.05, 0.1) is 5.51 Å². The zero-order valence-corrected chi connectivity index (χ0v) is 7.62. The van der Waals surface area contributed by atoms with Crippen LogP contribution in [0.15, 0.2) is 9.30 Å². The van der Waals surface area contributed by atoms with Crippen LogP contribution in [0.5, 0.6) is 0 Å². The van der Waals surface area contributed by atoms with Crippen LogP contribution in [0.3, 0.4) is 0 Å². The van der Waals surface area contributed by atoms with Gasteiger partial charge in [-0.1, -0.05) is 0 Å². The number of thiazole rings is 1. The zero-order chi connectivity index (χ0) is 7.56. The molecule has 1 aromatic heterocycles. The number of aromatic nitrogens is 1. The molecule has 54 valence electrons. The predicted molar refractivity (Wildman–Crippen MR) is 43.2 cm³/mol. The van der Waals surface area contributed by atoms with Gasteiger partial charge in [0.2, 0.25) is 0 Å². The van der Waals surface area contributed by atoms with Gasteiger partial charge in [-0.2, -0.15) is 0 Å². The number of rotatable bonds is 1. The second-order valence-corrected chi connectivity index (χ2v) is 3.73. The van der Waals surface area contributed by atoms with E-state index in [9.17, 15) is 4.79 Å². The Morgan fingerprint density at radius 3 is 3.00 bits per heavy atom. The molecule has 0 saturated carbocycles. The van der Waals surface area contributed by atoms with Crippen LogP contribution in [0.4, 0.5) is 0 Å². The van der Waals surface area contributed by atoms with E-state index in [0.29, 0.717) is 5.69 Å². The van der Waals surface area contributed by atoms with Gasteiger partial charge in [-0.25, -0.2) is 4.98 Å². The molecule has 0 bridgehead atoms. The number of hydrogen-bond acceptors (Lipinski definition) is 3. The van der Waals surface area contributed by atoms with Crippen molar-refractivity contribution in [2.24, 2.45) is 0 Å². The Bertz CT molecular complexity index is 248. The van der Waals surface area contributed by atoms with Gasteiger partial charge in [0.15, 0.2) is 5.69 Å². The van der Waals surface area contributed by atoms with Crippen molar-refractivity contribution in [3.05, 3.63) is 15.0 Å². The van der Waals surface area contributed by atoms with E-state index in [1.165, 1.54) is 11.3 Å². The summed E-state index contributed by atoms with van der Waals surface area (Å²) in [5, 5.41) is 2.48. The first-order valence-corrected chi connectivity index (χ1v) is 4.24. The maximum Gasteiger partial charge on any atom is 0.271 e. The summed E-state index contributed by atoms with van der Waals surface area (Å²) in [7, 11) is 1.58. The summed E-state index contributed by atoms with van der Waals surface area (Å²) < 4.78 is 0.770. The molecule has 0 aliphatic heterocycles. The number of carbonyl (C=O) groups is 1. The molecular formula is C5H5BrN2OS. The minimum absolute atomic E-state index is 0.159. The highest BCUT2D eigenvalue weighted by atomic mass is 79.9. The van der Waals surface area contributed by atoms with Crippen LogP contribution in [0.2, 0.25) is 0 Å². The smallest absolute Gasteiger partial charge is 0.271 e. The van der Waals surface area contributed by atoms with E-state index in [-0.39, 0.29) is 5.91 Å². The maximum absolute atomic E-state index is 10.9. The molecule has 0 fully saturated rings. The molecule has 10 heavy (non-hydrogen) atoms. The Labute approximate surface area is 70.6 Å². The minimum atomic E-state index is -0.159. The van der Waals surface area contributed by atoms with Gasteiger partial charge in [-0.3, -0.25) is 4.79 Å². The largest absolute Gasteiger partial charge is 0.354 e. The SMILES string of the molecule is CNC(=O)c1ncsc1Br. The van der Waals surface area contributed by atoms with E-state index < -0.39 is 0 Å². The predicted octanol–water partition coefficient (Wildman–Crippen LogP) is 1.27. The van der Waals surface area contributed by atoms with Crippen LogP contribution in [-0.2, 0) is 0 Å². The van der Waals surface area contributed by atoms with Crippen LogP contribution < -0.4 is 5.32 Å². The fraction of sp³-hybridized carbons (Fsp3) is 0.200. The normalized spacial score (nSPS) is 9.40. The van der Waals surface area contributed by atoms with E-state index in [1.54, 1.807) is 12.6 Å². The molecule has 1 heterocycles. The number of halogens is 1. The molecule has 0 aromatic carbocycles. The summed E-state index contributed by atoms with van der Waals surface area (Å²) in [6.07, 6.45) is 0. The Hall–Kier alpha value is -0.420. The van der Waals surface area contributed by atoms with E-state index in [0.717, 1.165) is 3.79 Å². The van der Waals surface area contributed by atoms with Crippen LogP contribution in [0.25, 0.3) is 0 Å². The highest BCUT2D eigenvalue weighted by molar-refractivity contribution is 9.11. The summed E-state index contributed by atoms with van der Waals surface area (Å²) in [6, 6.07) is 0. The Balaban J connectivity index is 2.93. The molecule has 1 aromatic rings. The molecule has 0 spiro atoms. The molecule has 1 N–H and O–H groups in total. The van der Waals surface area contributed by atoms with Crippen molar-refractivity contribution in [3.8, 4) is 0 Å². The van der Waals surface area contributed by atoms with E-state index in [1.807, 2.05) is 0 Å². The summed E-state index contributed by atoms with van der Waals surface area (Å²) >= 11 is 4.60. The number of hydrogen-bond donors (Lipinski definition) is 1. The molecule has 0 unspecified atom stereocenters. The molecule has 1 amide bonds. The summed E-state index contributed by atoms with van der Waals surface area (Å²) in [6.45, 7) is 0. The van der Waals surface area contributed by atoms with Crippen molar-refractivity contribution in [2.45, 2.75) is 0 Å². The second-order valence-electron chi connectivity index (χ2n) is 1.55. The van der Waals surface area contributed by atoms with Gasteiger partial charge in [-0.15, -0.1) is 11.3 Å². The van der Waals surface area contributed by atoms with Gasteiger partial charge in [-0.05, 0) is 15.9 Å². The quantitative estimate of drug-likeness (QED) is 0.775. The summed E-state index contributed by atoms with van der Waals surface area (Å²) in [4.78, 5) is 14.7. The first kappa shape index (κ1) is 7.68. The van der Waals surface area contributed by atoms with Crippen molar-refractivity contribution in [1.82, 2.24) is 10.3 Å². The molecule has 0 aliphatic carbocycles. The molecule has 3 nitrogen and oxygen atoms in total. The fourth-order valence-corrected chi connectivity index (χ4v) is 1.54. The minimum Gasteiger partial charge on any atom is -0.354 e. The maximum atomic E-state index is 10.9. The van der Waals surface area contributed by atoms with Gasteiger partial charge in [0.25, 0.3) is 5.91 Å². The third-order valence-electron chi connectivity index (χ3n) is 0.966. The number of nitrogens with zero attached hydrogens (tertiary/aromatic N) is 1. The van der Waals surface area contributed by atoms with Crippen molar-refractivity contribution >= 4 is 33.2 Å². The lowest BCUT2D eigenvalue weighted by molar-refractivity contribution is 0.0958. The van der Waals surface area contributed by atoms with Crippen LogP contribution in [0.1, 0.15) is 10.5 Å². The Kier molecular flexibility index (Phi) is 2.39. The fourth-order valence-electron chi connectivity index (χ4n) is 0.498. The lowest BCUT2D eigenvalue weighted by Crippen LogP contribution is -2.18. The number of nitrogens with one attached hydrogen (secondary N) is 1. The first-order valence-electron chi connectivity index (χ1n) is 2.56. The highest BCUT2D eigenvalue weighted by Crippen LogP contribution is 2.19. The van der Waals surface area contributed by atoms with E-state index >= 15 is 0 Å². The Morgan fingerprint density at radius 2 is 2.60 bits per heavy atom.